The zero-order valence-electron chi connectivity index (χ0n) is 15.8. The summed E-state index contributed by atoms with van der Waals surface area (Å²) < 4.78 is 10.6. The van der Waals surface area contributed by atoms with Gasteiger partial charge in [-0.2, -0.15) is 0 Å². The second kappa shape index (κ2) is 9.82. The van der Waals surface area contributed by atoms with E-state index in [1.807, 2.05) is 37.3 Å². The quantitative estimate of drug-likeness (QED) is 0.411. The maximum atomic E-state index is 12.5. The number of carbonyl (C=O) groups is 1. The molecule has 2 heterocycles. The maximum Gasteiger partial charge on any atom is 0.342 e. The first-order valence-electron chi connectivity index (χ1n) is 9.23. The smallest absolute Gasteiger partial charge is 0.342 e. The van der Waals surface area contributed by atoms with E-state index < -0.39 is 0 Å². The van der Waals surface area contributed by atoms with Gasteiger partial charge in [0.25, 0.3) is 0 Å². The van der Waals surface area contributed by atoms with Crippen LogP contribution >= 0.6 is 11.8 Å². The Balaban J connectivity index is 1.82. The molecule has 7 heteroatoms. The number of hydrogen-bond donors (Lipinski definition) is 0. The first kappa shape index (κ1) is 19.8. The van der Waals surface area contributed by atoms with Crippen molar-refractivity contribution in [3.05, 3.63) is 41.6 Å². The predicted octanol–water partition coefficient (Wildman–Crippen LogP) is 3.05. The molecule has 0 amide bonds. The molecule has 0 spiro atoms. The van der Waals surface area contributed by atoms with Crippen molar-refractivity contribution in [1.82, 2.24) is 14.9 Å². The van der Waals surface area contributed by atoms with Crippen molar-refractivity contribution in [2.45, 2.75) is 18.9 Å². The molecular formula is C20H25N3O3S. The standard InChI is InChI=1S/C20H25N3O3S/c1-3-26-20(24)17-15(2)21-18(16-7-5-4-6-8-16)22-19(17)27-14-11-23-9-12-25-13-10-23/h4-8H,3,9-14H2,1-2H3. The first-order valence-corrected chi connectivity index (χ1v) is 10.2. The van der Waals surface area contributed by atoms with Crippen molar-refractivity contribution >= 4 is 17.7 Å². The molecule has 0 saturated carbocycles. The number of carbonyl (C=O) groups excluding carboxylic acids is 1. The van der Waals surface area contributed by atoms with Gasteiger partial charge in [-0.3, -0.25) is 4.90 Å². The van der Waals surface area contributed by atoms with Crippen molar-refractivity contribution in [3.63, 3.8) is 0 Å². The molecule has 6 nitrogen and oxygen atoms in total. The predicted molar refractivity (Wildman–Crippen MR) is 106 cm³/mol. The Morgan fingerprint density at radius 3 is 2.67 bits per heavy atom. The van der Waals surface area contributed by atoms with Gasteiger partial charge in [0.2, 0.25) is 0 Å². The van der Waals surface area contributed by atoms with Crippen molar-refractivity contribution in [1.29, 1.82) is 0 Å². The molecule has 0 N–H and O–H groups in total. The van der Waals surface area contributed by atoms with E-state index in [4.69, 9.17) is 14.5 Å². The van der Waals surface area contributed by atoms with Gasteiger partial charge in [-0.25, -0.2) is 14.8 Å². The second-order valence-corrected chi connectivity index (χ2v) is 7.29. The molecular weight excluding hydrogens is 362 g/mol. The number of thioether (sulfide) groups is 1. The fourth-order valence-corrected chi connectivity index (χ4v) is 3.97. The Morgan fingerprint density at radius 2 is 1.96 bits per heavy atom. The van der Waals surface area contributed by atoms with E-state index in [0.29, 0.717) is 28.7 Å². The number of nitrogens with zero attached hydrogens (tertiary/aromatic N) is 3. The highest BCUT2D eigenvalue weighted by molar-refractivity contribution is 7.99. The van der Waals surface area contributed by atoms with Crippen LogP contribution in [0.2, 0.25) is 0 Å². The molecule has 1 aliphatic heterocycles. The fraction of sp³-hybridized carbons (Fsp3) is 0.450. The third-order valence-electron chi connectivity index (χ3n) is 4.32. The molecule has 1 fully saturated rings. The van der Waals surface area contributed by atoms with Crippen LogP contribution in [0.3, 0.4) is 0 Å². The molecule has 0 bridgehead atoms. The molecule has 1 aromatic carbocycles. The van der Waals surface area contributed by atoms with Gasteiger partial charge in [0.05, 0.1) is 25.5 Å². The molecule has 1 aliphatic rings. The van der Waals surface area contributed by atoms with Crippen LogP contribution in [0.15, 0.2) is 35.4 Å². The number of aryl methyl sites for hydroxylation is 1. The fourth-order valence-electron chi connectivity index (χ4n) is 2.90. The van der Waals surface area contributed by atoms with Crippen LogP contribution in [0, 0.1) is 6.92 Å². The Bertz CT molecular complexity index is 765. The number of esters is 1. The topological polar surface area (TPSA) is 64.5 Å². The van der Waals surface area contributed by atoms with E-state index in [2.05, 4.69) is 9.88 Å². The van der Waals surface area contributed by atoms with E-state index in [9.17, 15) is 4.79 Å². The van der Waals surface area contributed by atoms with Crippen molar-refractivity contribution in [2.75, 3.05) is 45.2 Å². The zero-order valence-corrected chi connectivity index (χ0v) is 16.6. The summed E-state index contributed by atoms with van der Waals surface area (Å²) in [6.07, 6.45) is 0. The van der Waals surface area contributed by atoms with E-state index >= 15 is 0 Å². The normalized spacial score (nSPS) is 14.9. The SMILES string of the molecule is CCOC(=O)c1c(C)nc(-c2ccccc2)nc1SCCN1CCOCC1. The summed E-state index contributed by atoms with van der Waals surface area (Å²) in [6, 6.07) is 9.82. The van der Waals surface area contributed by atoms with Gasteiger partial charge in [-0.1, -0.05) is 30.3 Å². The van der Waals surface area contributed by atoms with Gasteiger partial charge < -0.3 is 9.47 Å². The average molecular weight is 388 g/mol. The summed E-state index contributed by atoms with van der Waals surface area (Å²) in [5, 5.41) is 0.688. The lowest BCUT2D eigenvalue weighted by atomic mass is 10.2. The average Bonchev–Trinajstić information content (AvgIpc) is 2.69. The first-order chi connectivity index (χ1) is 13.2. The van der Waals surface area contributed by atoms with E-state index in [-0.39, 0.29) is 5.97 Å². The number of morpholine rings is 1. The van der Waals surface area contributed by atoms with Crippen molar-refractivity contribution in [2.24, 2.45) is 0 Å². The summed E-state index contributed by atoms with van der Waals surface area (Å²) in [4.78, 5) is 24.1. The van der Waals surface area contributed by atoms with Gasteiger partial charge >= 0.3 is 5.97 Å². The van der Waals surface area contributed by atoms with Crippen LogP contribution in [0.1, 0.15) is 23.0 Å². The van der Waals surface area contributed by atoms with Crippen molar-refractivity contribution in [3.8, 4) is 11.4 Å². The Kier molecular flexibility index (Phi) is 7.20. The third-order valence-corrected chi connectivity index (χ3v) is 5.27. The lowest BCUT2D eigenvalue weighted by molar-refractivity contribution is 0.0410. The molecule has 1 aromatic heterocycles. The van der Waals surface area contributed by atoms with Gasteiger partial charge in [0.1, 0.15) is 10.6 Å². The van der Waals surface area contributed by atoms with Crippen LogP contribution in [-0.2, 0) is 9.47 Å². The largest absolute Gasteiger partial charge is 0.462 e. The highest BCUT2D eigenvalue weighted by Gasteiger charge is 2.21. The Morgan fingerprint density at radius 1 is 1.22 bits per heavy atom. The Hall–Kier alpha value is -1.96. The van der Waals surface area contributed by atoms with Gasteiger partial charge in [0.15, 0.2) is 5.82 Å². The number of benzene rings is 1. The summed E-state index contributed by atoms with van der Waals surface area (Å²) in [7, 11) is 0. The van der Waals surface area contributed by atoms with Crippen LogP contribution in [0.5, 0.6) is 0 Å². The minimum atomic E-state index is -0.358. The summed E-state index contributed by atoms with van der Waals surface area (Å²) >= 11 is 1.58. The molecule has 0 atom stereocenters. The highest BCUT2D eigenvalue weighted by atomic mass is 32.2. The lowest BCUT2D eigenvalue weighted by Gasteiger charge is -2.26. The summed E-state index contributed by atoms with van der Waals surface area (Å²) in [5.74, 6) is 1.12. The molecule has 0 unspecified atom stereocenters. The third kappa shape index (κ3) is 5.28. The van der Waals surface area contributed by atoms with Gasteiger partial charge in [-0.05, 0) is 13.8 Å². The zero-order chi connectivity index (χ0) is 19.1. The molecule has 0 radical (unpaired) electrons. The highest BCUT2D eigenvalue weighted by Crippen LogP contribution is 2.27. The maximum absolute atomic E-state index is 12.5. The number of aromatic nitrogens is 2. The van der Waals surface area contributed by atoms with Crippen LogP contribution in [0.4, 0.5) is 0 Å². The monoisotopic (exact) mass is 387 g/mol. The summed E-state index contributed by atoms with van der Waals surface area (Å²) in [5.41, 5.74) is 2.06. The van der Waals surface area contributed by atoms with Crippen LogP contribution < -0.4 is 0 Å². The molecule has 0 aliphatic carbocycles. The van der Waals surface area contributed by atoms with E-state index in [1.165, 1.54) is 0 Å². The minimum Gasteiger partial charge on any atom is -0.462 e. The van der Waals surface area contributed by atoms with Crippen LogP contribution in [-0.4, -0.2) is 66.0 Å². The van der Waals surface area contributed by atoms with Gasteiger partial charge in [-0.15, -0.1) is 11.8 Å². The van der Waals surface area contributed by atoms with E-state index in [0.717, 1.165) is 44.2 Å². The molecule has 2 aromatic rings. The molecule has 1 saturated heterocycles. The Labute approximate surface area is 164 Å². The number of hydrogen-bond acceptors (Lipinski definition) is 7. The summed E-state index contributed by atoms with van der Waals surface area (Å²) in [6.45, 7) is 8.36. The van der Waals surface area contributed by atoms with Gasteiger partial charge in [0, 0.05) is 31.0 Å². The molecule has 3 rings (SSSR count). The second-order valence-electron chi connectivity index (χ2n) is 6.20. The molecule has 27 heavy (non-hydrogen) atoms. The van der Waals surface area contributed by atoms with Crippen molar-refractivity contribution < 1.29 is 14.3 Å². The van der Waals surface area contributed by atoms with Crippen LogP contribution in [0.25, 0.3) is 11.4 Å². The molecule has 144 valence electrons. The number of rotatable bonds is 7. The lowest BCUT2D eigenvalue weighted by Crippen LogP contribution is -2.37. The van der Waals surface area contributed by atoms with E-state index in [1.54, 1.807) is 18.7 Å². The minimum absolute atomic E-state index is 0.330. The number of ether oxygens (including phenoxy) is 2.